The molecule has 0 aromatic carbocycles. The zero-order valence-electron chi connectivity index (χ0n) is 7.40. The van der Waals surface area contributed by atoms with E-state index in [1.54, 1.807) is 0 Å². The molecule has 13 heavy (non-hydrogen) atoms. The Balaban J connectivity index is 2.13. The maximum Gasteiger partial charge on any atom is 0.122 e. The van der Waals surface area contributed by atoms with Crippen LogP contribution in [0.3, 0.4) is 0 Å². The molecule has 1 fully saturated rings. The monoisotopic (exact) mass is 183 g/mol. The third kappa shape index (κ3) is 1.71. The summed E-state index contributed by atoms with van der Waals surface area (Å²) >= 11 is 0. The van der Waals surface area contributed by atoms with Crippen LogP contribution < -0.4 is 5.73 Å². The third-order valence-electron chi connectivity index (χ3n) is 2.33. The highest BCUT2D eigenvalue weighted by molar-refractivity contribution is 5.13. The number of rotatable bonds is 2. The summed E-state index contributed by atoms with van der Waals surface area (Å²) in [5.74, 6) is 0.318. The highest BCUT2D eigenvalue weighted by atomic mass is 16.6. The largest absolute Gasteiger partial charge is 0.381 e. The standard InChI is InChI=1S/C8H13N3O2/c9-4-7-8(11-13-10-7)6-2-1-3-12-5-6/h6H,1-5,9H2. The molecule has 1 unspecified atom stereocenters. The Morgan fingerprint density at radius 1 is 1.46 bits per heavy atom. The predicted molar refractivity (Wildman–Crippen MR) is 45.0 cm³/mol. The van der Waals surface area contributed by atoms with Gasteiger partial charge in [-0.2, -0.15) is 0 Å². The van der Waals surface area contributed by atoms with Crippen molar-refractivity contribution in [1.29, 1.82) is 0 Å². The lowest BCUT2D eigenvalue weighted by Gasteiger charge is -2.19. The van der Waals surface area contributed by atoms with E-state index in [9.17, 15) is 0 Å². The van der Waals surface area contributed by atoms with Crippen LogP contribution in [0.5, 0.6) is 0 Å². The molecule has 2 heterocycles. The Bertz CT molecular complexity index is 268. The van der Waals surface area contributed by atoms with Gasteiger partial charge in [-0.1, -0.05) is 10.3 Å². The van der Waals surface area contributed by atoms with E-state index in [0.717, 1.165) is 30.8 Å². The van der Waals surface area contributed by atoms with Crippen LogP contribution in [0, 0.1) is 0 Å². The van der Waals surface area contributed by atoms with Gasteiger partial charge in [0.15, 0.2) is 0 Å². The third-order valence-corrected chi connectivity index (χ3v) is 2.33. The number of hydrogen-bond acceptors (Lipinski definition) is 5. The van der Waals surface area contributed by atoms with Crippen LogP contribution in [-0.2, 0) is 11.3 Å². The van der Waals surface area contributed by atoms with E-state index in [1.807, 2.05) is 0 Å². The average Bonchev–Trinajstić information content (AvgIpc) is 2.67. The maximum absolute atomic E-state index is 5.50. The Morgan fingerprint density at radius 3 is 3.08 bits per heavy atom. The molecule has 0 spiro atoms. The van der Waals surface area contributed by atoms with E-state index in [0.29, 0.717) is 19.1 Å². The molecule has 2 rings (SSSR count). The molecule has 72 valence electrons. The smallest absolute Gasteiger partial charge is 0.122 e. The van der Waals surface area contributed by atoms with Gasteiger partial charge in [0.1, 0.15) is 11.4 Å². The van der Waals surface area contributed by atoms with E-state index in [2.05, 4.69) is 14.9 Å². The summed E-state index contributed by atoms with van der Waals surface area (Å²) < 4.78 is 10.0. The van der Waals surface area contributed by atoms with Gasteiger partial charge in [-0.25, -0.2) is 4.63 Å². The number of ether oxygens (including phenoxy) is 1. The predicted octanol–water partition coefficient (Wildman–Crippen LogP) is 0.422. The minimum absolute atomic E-state index is 0.318. The van der Waals surface area contributed by atoms with Crippen LogP contribution in [0.2, 0.25) is 0 Å². The van der Waals surface area contributed by atoms with Crippen LogP contribution in [-0.4, -0.2) is 23.5 Å². The molecule has 0 bridgehead atoms. The first-order valence-corrected chi connectivity index (χ1v) is 4.51. The molecule has 0 amide bonds. The molecule has 0 aliphatic carbocycles. The molecule has 1 saturated heterocycles. The topological polar surface area (TPSA) is 74.2 Å². The molecule has 0 saturated carbocycles. The Labute approximate surface area is 76.2 Å². The summed E-state index contributed by atoms with van der Waals surface area (Å²) in [5.41, 5.74) is 7.14. The van der Waals surface area contributed by atoms with Crippen molar-refractivity contribution in [2.24, 2.45) is 5.73 Å². The van der Waals surface area contributed by atoms with Gasteiger partial charge in [-0.3, -0.25) is 0 Å². The van der Waals surface area contributed by atoms with E-state index < -0.39 is 0 Å². The molecule has 1 aromatic heterocycles. The molecule has 1 aliphatic rings. The van der Waals surface area contributed by atoms with Gasteiger partial charge in [-0.15, -0.1) is 0 Å². The molecule has 1 atom stereocenters. The number of aromatic nitrogens is 2. The van der Waals surface area contributed by atoms with Crippen LogP contribution in [0.15, 0.2) is 4.63 Å². The highest BCUT2D eigenvalue weighted by Crippen LogP contribution is 2.25. The number of hydrogen-bond donors (Lipinski definition) is 1. The minimum Gasteiger partial charge on any atom is -0.381 e. The molecule has 1 aromatic rings. The van der Waals surface area contributed by atoms with E-state index >= 15 is 0 Å². The fourth-order valence-electron chi connectivity index (χ4n) is 1.62. The van der Waals surface area contributed by atoms with Crippen molar-refractivity contribution < 1.29 is 9.37 Å². The van der Waals surface area contributed by atoms with Crippen molar-refractivity contribution in [3.05, 3.63) is 11.4 Å². The summed E-state index contributed by atoms with van der Waals surface area (Å²) in [6, 6.07) is 0. The van der Waals surface area contributed by atoms with Gasteiger partial charge in [0.05, 0.1) is 6.61 Å². The van der Waals surface area contributed by atoms with Gasteiger partial charge in [0, 0.05) is 19.1 Å². The van der Waals surface area contributed by atoms with Crippen LogP contribution >= 0.6 is 0 Å². The van der Waals surface area contributed by atoms with Gasteiger partial charge < -0.3 is 10.5 Å². The zero-order valence-corrected chi connectivity index (χ0v) is 7.40. The Morgan fingerprint density at radius 2 is 2.38 bits per heavy atom. The molecule has 1 aliphatic heterocycles. The van der Waals surface area contributed by atoms with Crippen molar-refractivity contribution in [3.63, 3.8) is 0 Å². The van der Waals surface area contributed by atoms with Crippen LogP contribution in [0.25, 0.3) is 0 Å². The van der Waals surface area contributed by atoms with Crippen molar-refractivity contribution in [3.8, 4) is 0 Å². The maximum atomic E-state index is 5.50. The second-order valence-corrected chi connectivity index (χ2v) is 3.21. The lowest BCUT2D eigenvalue weighted by Crippen LogP contribution is -2.17. The molecular weight excluding hydrogens is 170 g/mol. The van der Waals surface area contributed by atoms with Crippen molar-refractivity contribution in [2.75, 3.05) is 13.2 Å². The van der Waals surface area contributed by atoms with Crippen molar-refractivity contribution in [1.82, 2.24) is 10.3 Å². The summed E-state index contributed by atoms with van der Waals surface area (Å²) in [6.45, 7) is 1.94. The van der Waals surface area contributed by atoms with Gasteiger partial charge in [0.2, 0.25) is 0 Å². The van der Waals surface area contributed by atoms with Crippen molar-refractivity contribution in [2.45, 2.75) is 25.3 Å². The fraction of sp³-hybridized carbons (Fsp3) is 0.750. The van der Waals surface area contributed by atoms with Crippen molar-refractivity contribution >= 4 is 0 Å². The Kier molecular flexibility index (Phi) is 2.56. The lowest BCUT2D eigenvalue weighted by atomic mass is 9.97. The number of nitrogens with zero attached hydrogens (tertiary/aromatic N) is 2. The first-order chi connectivity index (χ1) is 6.42. The highest BCUT2D eigenvalue weighted by Gasteiger charge is 2.22. The number of nitrogens with two attached hydrogens (primary N) is 1. The molecule has 5 heteroatoms. The summed E-state index contributed by atoms with van der Waals surface area (Å²) in [5, 5.41) is 7.61. The molecule has 2 N–H and O–H groups in total. The van der Waals surface area contributed by atoms with Gasteiger partial charge in [-0.05, 0) is 12.8 Å². The lowest BCUT2D eigenvalue weighted by molar-refractivity contribution is 0.0780. The first kappa shape index (κ1) is 8.65. The van der Waals surface area contributed by atoms with Crippen LogP contribution in [0.4, 0.5) is 0 Å². The van der Waals surface area contributed by atoms with Gasteiger partial charge in [0.25, 0.3) is 0 Å². The molecule has 0 radical (unpaired) electrons. The quantitative estimate of drug-likeness (QED) is 0.719. The Hall–Kier alpha value is -0.940. The summed E-state index contributed by atoms with van der Waals surface area (Å²) in [4.78, 5) is 0. The van der Waals surface area contributed by atoms with Crippen LogP contribution in [0.1, 0.15) is 30.1 Å². The SMILES string of the molecule is NCc1nonc1C1CCCOC1. The van der Waals surface area contributed by atoms with Gasteiger partial charge >= 0.3 is 0 Å². The fourth-order valence-corrected chi connectivity index (χ4v) is 1.62. The van der Waals surface area contributed by atoms with E-state index in [4.69, 9.17) is 10.5 Å². The first-order valence-electron chi connectivity index (χ1n) is 4.51. The second-order valence-electron chi connectivity index (χ2n) is 3.21. The van der Waals surface area contributed by atoms with E-state index in [-0.39, 0.29) is 0 Å². The normalized spacial score (nSPS) is 23.3. The molecule has 5 nitrogen and oxygen atoms in total. The van der Waals surface area contributed by atoms with E-state index in [1.165, 1.54) is 0 Å². The second kappa shape index (κ2) is 3.85. The minimum atomic E-state index is 0.318. The molecular formula is C8H13N3O2. The summed E-state index contributed by atoms with van der Waals surface area (Å²) in [6.07, 6.45) is 2.16. The average molecular weight is 183 g/mol. The summed E-state index contributed by atoms with van der Waals surface area (Å²) in [7, 11) is 0. The zero-order chi connectivity index (χ0) is 9.10.